The first-order chi connectivity index (χ1) is 13.5. The highest BCUT2D eigenvalue weighted by atomic mass is 79.9. The number of hydrogen-bond acceptors (Lipinski definition) is 4. The van der Waals surface area contributed by atoms with Crippen molar-refractivity contribution < 1.29 is 13.5 Å². The Kier molecular flexibility index (Phi) is 5.15. The third kappa shape index (κ3) is 3.79. The average Bonchev–Trinajstić information content (AvgIpc) is 3.09. The molecule has 0 bridgehead atoms. The number of halogens is 3. The molecule has 140 valence electrons. The van der Waals surface area contributed by atoms with E-state index in [0.717, 1.165) is 21.5 Å². The van der Waals surface area contributed by atoms with Crippen molar-refractivity contribution in [3.05, 3.63) is 75.5 Å². The minimum atomic E-state index is -0.411. The van der Waals surface area contributed by atoms with Gasteiger partial charge in [0.25, 0.3) is 0 Å². The first kappa shape index (κ1) is 18.7. The van der Waals surface area contributed by atoms with Crippen LogP contribution in [0.15, 0.2) is 68.5 Å². The fraction of sp³-hybridized carbons (Fsp3) is 0.0476. The fourth-order valence-electron chi connectivity index (χ4n) is 2.69. The quantitative estimate of drug-likeness (QED) is 0.315. The number of methoxy groups -OCH3 is 1. The highest BCUT2D eigenvalue weighted by molar-refractivity contribution is 9.10. The molecule has 0 aliphatic carbocycles. The molecule has 0 fully saturated rings. The lowest BCUT2D eigenvalue weighted by Gasteiger charge is -2.03. The Morgan fingerprint density at radius 1 is 1.14 bits per heavy atom. The van der Waals surface area contributed by atoms with Crippen LogP contribution >= 0.6 is 27.5 Å². The molecule has 4 rings (SSSR count). The predicted molar refractivity (Wildman–Crippen MR) is 112 cm³/mol. The molecule has 4 nitrogen and oxygen atoms in total. The third-order valence-electron chi connectivity index (χ3n) is 4.07. The van der Waals surface area contributed by atoms with E-state index in [2.05, 4.69) is 25.9 Å². The summed E-state index contributed by atoms with van der Waals surface area (Å²) in [4.78, 5) is 8.94. The van der Waals surface area contributed by atoms with Crippen molar-refractivity contribution in [2.75, 3.05) is 7.11 Å². The van der Waals surface area contributed by atoms with E-state index in [9.17, 15) is 4.39 Å². The Labute approximate surface area is 173 Å². The van der Waals surface area contributed by atoms with E-state index < -0.39 is 5.82 Å². The van der Waals surface area contributed by atoms with Crippen molar-refractivity contribution in [2.45, 2.75) is 0 Å². The zero-order valence-electron chi connectivity index (χ0n) is 14.6. The minimum absolute atomic E-state index is 0.245. The second kappa shape index (κ2) is 7.73. The molecule has 28 heavy (non-hydrogen) atoms. The lowest BCUT2D eigenvalue weighted by atomic mass is 10.2. The van der Waals surface area contributed by atoms with Crippen molar-refractivity contribution in [1.82, 2.24) is 4.98 Å². The highest BCUT2D eigenvalue weighted by Crippen LogP contribution is 2.32. The Morgan fingerprint density at radius 3 is 2.75 bits per heavy atom. The van der Waals surface area contributed by atoms with Crippen LogP contribution in [0, 0.1) is 5.82 Å². The van der Waals surface area contributed by atoms with E-state index in [1.54, 1.807) is 25.5 Å². The number of aromatic nitrogens is 1. The zero-order valence-corrected chi connectivity index (χ0v) is 17.0. The van der Waals surface area contributed by atoms with Gasteiger partial charge in [0, 0.05) is 6.21 Å². The molecule has 7 heteroatoms. The summed E-state index contributed by atoms with van der Waals surface area (Å²) >= 11 is 9.56. The number of ether oxygens (including phenoxy) is 1. The standard InChI is InChI=1S/C21H13BrClFN2O2/c1-27-19-6-2-12(8-16(19)22)11-25-14-4-7-20-18(10-14)26-21(28-20)15-5-3-13(24)9-17(15)23/h2-11H,1H3. The van der Waals surface area contributed by atoms with Gasteiger partial charge in [0.05, 0.1) is 27.9 Å². The Morgan fingerprint density at radius 2 is 2.00 bits per heavy atom. The van der Waals surface area contributed by atoms with Gasteiger partial charge < -0.3 is 9.15 Å². The van der Waals surface area contributed by atoms with Gasteiger partial charge in [0.1, 0.15) is 17.1 Å². The lowest BCUT2D eigenvalue weighted by Crippen LogP contribution is -1.86. The molecule has 0 unspecified atom stereocenters. The lowest BCUT2D eigenvalue weighted by molar-refractivity contribution is 0.412. The second-order valence-electron chi connectivity index (χ2n) is 5.95. The Hall–Kier alpha value is -2.70. The van der Waals surface area contributed by atoms with E-state index >= 15 is 0 Å². The van der Waals surface area contributed by atoms with E-state index in [4.69, 9.17) is 20.8 Å². The summed E-state index contributed by atoms with van der Waals surface area (Å²) in [5, 5.41) is 0.245. The Bertz CT molecular complexity index is 1210. The van der Waals surface area contributed by atoms with Crippen molar-refractivity contribution >= 4 is 50.5 Å². The number of rotatable bonds is 4. The van der Waals surface area contributed by atoms with Crippen LogP contribution in [0.2, 0.25) is 5.02 Å². The summed E-state index contributed by atoms with van der Waals surface area (Å²) in [6.07, 6.45) is 1.75. The van der Waals surface area contributed by atoms with Crippen LogP contribution in [-0.2, 0) is 0 Å². The minimum Gasteiger partial charge on any atom is -0.496 e. The van der Waals surface area contributed by atoms with Crippen molar-refractivity contribution in [3.8, 4) is 17.2 Å². The number of hydrogen-bond donors (Lipinski definition) is 0. The number of oxazole rings is 1. The van der Waals surface area contributed by atoms with Gasteiger partial charge in [-0.2, -0.15) is 0 Å². The van der Waals surface area contributed by atoms with Crippen molar-refractivity contribution in [3.63, 3.8) is 0 Å². The normalized spacial score (nSPS) is 11.4. The SMILES string of the molecule is COc1ccc(C=Nc2ccc3oc(-c4ccc(F)cc4Cl)nc3c2)cc1Br. The molecule has 0 N–H and O–H groups in total. The summed E-state index contributed by atoms with van der Waals surface area (Å²) in [5.41, 5.74) is 3.42. The van der Waals surface area contributed by atoms with E-state index in [1.165, 1.54) is 12.1 Å². The maximum absolute atomic E-state index is 13.3. The summed E-state index contributed by atoms with van der Waals surface area (Å²) in [6, 6.07) is 15.2. The van der Waals surface area contributed by atoms with Crippen LogP contribution in [-0.4, -0.2) is 18.3 Å². The van der Waals surface area contributed by atoms with E-state index in [-0.39, 0.29) is 5.02 Å². The summed E-state index contributed by atoms with van der Waals surface area (Å²) in [5.74, 6) is 0.681. The first-order valence-corrected chi connectivity index (χ1v) is 9.44. The van der Waals surface area contributed by atoms with Crippen LogP contribution in [0.5, 0.6) is 5.75 Å². The van der Waals surface area contributed by atoms with Gasteiger partial charge in [-0.25, -0.2) is 9.37 Å². The highest BCUT2D eigenvalue weighted by Gasteiger charge is 2.12. The van der Waals surface area contributed by atoms with Crippen LogP contribution < -0.4 is 4.74 Å². The monoisotopic (exact) mass is 458 g/mol. The maximum Gasteiger partial charge on any atom is 0.228 e. The predicted octanol–water partition coefficient (Wildman–Crippen LogP) is 6.81. The Balaban J connectivity index is 1.64. The second-order valence-corrected chi connectivity index (χ2v) is 7.21. The third-order valence-corrected chi connectivity index (χ3v) is 5.00. The molecule has 0 saturated heterocycles. The molecule has 1 heterocycles. The number of benzene rings is 3. The van der Waals surface area contributed by atoms with Crippen molar-refractivity contribution in [2.24, 2.45) is 4.99 Å². The van der Waals surface area contributed by atoms with Gasteiger partial charge in [0.15, 0.2) is 5.58 Å². The molecule has 0 atom stereocenters. The molecule has 1 aromatic heterocycles. The molecule has 0 saturated carbocycles. The van der Waals surface area contributed by atoms with Gasteiger partial charge in [-0.15, -0.1) is 0 Å². The largest absolute Gasteiger partial charge is 0.496 e. The summed E-state index contributed by atoms with van der Waals surface area (Å²) in [7, 11) is 1.62. The van der Waals surface area contributed by atoms with E-state index in [1.807, 2.05) is 30.3 Å². The number of fused-ring (bicyclic) bond motifs is 1. The van der Waals surface area contributed by atoms with Crippen LogP contribution in [0.3, 0.4) is 0 Å². The fourth-order valence-corrected chi connectivity index (χ4v) is 3.49. The summed E-state index contributed by atoms with van der Waals surface area (Å²) < 4.78 is 25.1. The van der Waals surface area contributed by atoms with Gasteiger partial charge >= 0.3 is 0 Å². The molecular weight excluding hydrogens is 447 g/mol. The van der Waals surface area contributed by atoms with Crippen LogP contribution in [0.25, 0.3) is 22.6 Å². The molecule has 0 aliphatic rings. The van der Waals surface area contributed by atoms with Gasteiger partial charge in [-0.3, -0.25) is 4.99 Å². The summed E-state index contributed by atoms with van der Waals surface area (Å²) in [6.45, 7) is 0. The van der Waals surface area contributed by atoms with Crippen molar-refractivity contribution in [1.29, 1.82) is 0 Å². The molecule has 0 aliphatic heterocycles. The van der Waals surface area contributed by atoms with Gasteiger partial charge in [0.2, 0.25) is 5.89 Å². The molecule has 3 aromatic carbocycles. The molecule has 0 spiro atoms. The average molecular weight is 460 g/mol. The molecule has 0 amide bonds. The van der Waals surface area contributed by atoms with E-state index in [0.29, 0.717) is 22.6 Å². The zero-order chi connectivity index (χ0) is 19.7. The number of nitrogens with zero attached hydrogens (tertiary/aromatic N) is 2. The topological polar surface area (TPSA) is 47.6 Å². The van der Waals surface area contributed by atoms with Crippen LogP contribution in [0.1, 0.15) is 5.56 Å². The van der Waals surface area contributed by atoms with Gasteiger partial charge in [-0.05, 0) is 76.1 Å². The molecular formula is C21H13BrClFN2O2. The molecule has 0 radical (unpaired) electrons. The smallest absolute Gasteiger partial charge is 0.228 e. The first-order valence-electron chi connectivity index (χ1n) is 8.27. The van der Waals surface area contributed by atoms with Gasteiger partial charge in [-0.1, -0.05) is 11.6 Å². The maximum atomic E-state index is 13.3. The number of aliphatic imine (C=N–C) groups is 1. The molecule has 4 aromatic rings. The van der Waals surface area contributed by atoms with Crippen LogP contribution in [0.4, 0.5) is 10.1 Å².